The van der Waals surface area contributed by atoms with E-state index in [0.29, 0.717) is 5.65 Å². The Morgan fingerprint density at radius 1 is 1.12 bits per heavy atom. The fraction of sp³-hybridized carbons (Fsp3) is 0. The number of nitrogens with one attached hydrogen (secondary N) is 2. The summed E-state index contributed by atoms with van der Waals surface area (Å²) >= 11 is 0. The van der Waals surface area contributed by atoms with Gasteiger partial charge in [0.15, 0.2) is 5.65 Å². The summed E-state index contributed by atoms with van der Waals surface area (Å²) in [6.07, 6.45) is 6.70. The van der Waals surface area contributed by atoms with Crippen LogP contribution in [0.25, 0.3) is 11.2 Å². The standard InChI is InChI=1S/C10H8N6/c1-2-9(15-7-5-13-14-6-7)16-10-8(1)11-3-4-12-10/h1-6H,(H,13,14)(H,12,15,16). The summed E-state index contributed by atoms with van der Waals surface area (Å²) < 4.78 is 0. The van der Waals surface area contributed by atoms with Crippen molar-refractivity contribution in [2.75, 3.05) is 5.32 Å². The van der Waals surface area contributed by atoms with Crippen LogP contribution in [0.5, 0.6) is 0 Å². The number of pyridine rings is 1. The number of aromatic amines is 1. The third-order valence-corrected chi connectivity index (χ3v) is 2.10. The van der Waals surface area contributed by atoms with Crippen molar-refractivity contribution < 1.29 is 0 Å². The Balaban J connectivity index is 1.99. The average Bonchev–Trinajstić information content (AvgIpc) is 2.82. The Morgan fingerprint density at radius 3 is 2.94 bits per heavy atom. The fourth-order valence-corrected chi connectivity index (χ4v) is 1.39. The van der Waals surface area contributed by atoms with Gasteiger partial charge in [-0.1, -0.05) is 0 Å². The van der Waals surface area contributed by atoms with Crippen LogP contribution in [0.2, 0.25) is 0 Å². The highest BCUT2D eigenvalue weighted by Gasteiger charge is 2.00. The van der Waals surface area contributed by atoms with Crippen LogP contribution in [0.15, 0.2) is 36.9 Å². The van der Waals surface area contributed by atoms with Crippen LogP contribution < -0.4 is 5.32 Å². The Labute approximate surface area is 90.8 Å². The second-order valence-corrected chi connectivity index (χ2v) is 3.21. The molecule has 0 fully saturated rings. The summed E-state index contributed by atoms with van der Waals surface area (Å²) in [7, 11) is 0. The van der Waals surface area contributed by atoms with Gasteiger partial charge in [-0.25, -0.2) is 9.97 Å². The van der Waals surface area contributed by atoms with E-state index in [-0.39, 0.29) is 0 Å². The first-order valence-corrected chi connectivity index (χ1v) is 4.75. The van der Waals surface area contributed by atoms with Gasteiger partial charge in [-0.05, 0) is 12.1 Å². The van der Waals surface area contributed by atoms with Gasteiger partial charge in [-0.15, -0.1) is 0 Å². The summed E-state index contributed by atoms with van der Waals surface area (Å²) in [5.41, 5.74) is 2.26. The van der Waals surface area contributed by atoms with E-state index in [2.05, 4.69) is 30.5 Å². The number of fused-ring (bicyclic) bond motifs is 1. The molecule has 3 aromatic heterocycles. The van der Waals surface area contributed by atoms with Crippen molar-refractivity contribution >= 4 is 22.7 Å². The van der Waals surface area contributed by atoms with Crippen molar-refractivity contribution in [1.29, 1.82) is 0 Å². The van der Waals surface area contributed by atoms with E-state index in [1.54, 1.807) is 24.8 Å². The fourth-order valence-electron chi connectivity index (χ4n) is 1.39. The molecule has 3 rings (SSSR count). The summed E-state index contributed by atoms with van der Waals surface area (Å²) in [6.45, 7) is 0. The SMILES string of the molecule is c1cnc2nc(Nc3cn[nH]c3)ccc2n1. The molecule has 0 amide bonds. The normalized spacial score (nSPS) is 10.5. The molecule has 6 heteroatoms. The topological polar surface area (TPSA) is 79.4 Å². The van der Waals surface area contributed by atoms with Gasteiger partial charge in [0.05, 0.1) is 11.9 Å². The van der Waals surface area contributed by atoms with Crippen molar-refractivity contribution in [3.63, 3.8) is 0 Å². The van der Waals surface area contributed by atoms with Crippen LogP contribution in [0.3, 0.4) is 0 Å². The van der Waals surface area contributed by atoms with Gasteiger partial charge in [0.2, 0.25) is 0 Å². The van der Waals surface area contributed by atoms with Gasteiger partial charge in [0, 0.05) is 18.6 Å². The van der Waals surface area contributed by atoms with Gasteiger partial charge >= 0.3 is 0 Å². The molecule has 78 valence electrons. The lowest BCUT2D eigenvalue weighted by Gasteiger charge is -2.02. The van der Waals surface area contributed by atoms with Crippen molar-refractivity contribution in [1.82, 2.24) is 25.1 Å². The molecule has 0 aliphatic carbocycles. The predicted octanol–water partition coefficient (Wildman–Crippen LogP) is 1.49. The number of hydrogen-bond acceptors (Lipinski definition) is 5. The van der Waals surface area contributed by atoms with Crippen LogP contribution in [0.1, 0.15) is 0 Å². The molecule has 0 saturated carbocycles. The lowest BCUT2D eigenvalue weighted by molar-refractivity contribution is 1.09. The van der Waals surface area contributed by atoms with Gasteiger partial charge < -0.3 is 5.32 Å². The zero-order chi connectivity index (χ0) is 10.8. The molecule has 0 aliphatic rings. The third-order valence-electron chi connectivity index (χ3n) is 2.10. The zero-order valence-corrected chi connectivity index (χ0v) is 8.25. The van der Waals surface area contributed by atoms with E-state index < -0.39 is 0 Å². The molecule has 3 heterocycles. The second-order valence-electron chi connectivity index (χ2n) is 3.21. The first-order valence-electron chi connectivity index (χ1n) is 4.75. The van der Waals surface area contributed by atoms with E-state index in [0.717, 1.165) is 17.0 Å². The largest absolute Gasteiger partial charge is 0.338 e. The summed E-state index contributed by atoms with van der Waals surface area (Å²) in [4.78, 5) is 12.6. The minimum Gasteiger partial charge on any atom is -0.338 e. The van der Waals surface area contributed by atoms with E-state index in [1.807, 2.05) is 12.1 Å². The molecule has 0 radical (unpaired) electrons. The molecule has 0 spiro atoms. The van der Waals surface area contributed by atoms with Gasteiger partial charge in [0.25, 0.3) is 0 Å². The van der Waals surface area contributed by atoms with E-state index in [1.165, 1.54) is 0 Å². The minimum atomic E-state index is 0.621. The van der Waals surface area contributed by atoms with Crippen LogP contribution in [0, 0.1) is 0 Å². The number of aromatic nitrogens is 5. The van der Waals surface area contributed by atoms with Crippen LogP contribution in [-0.2, 0) is 0 Å². The summed E-state index contributed by atoms with van der Waals surface area (Å²) in [6, 6.07) is 3.72. The zero-order valence-electron chi connectivity index (χ0n) is 8.25. The first-order chi connectivity index (χ1) is 7.92. The van der Waals surface area contributed by atoms with Crippen molar-refractivity contribution in [3.05, 3.63) is 36.9 Å². The summed E-state index contributed by atoms with van der Waals surface area (Å²) in [5, 5.41) is 9.66. The molecule has 0 aromatic carbocycles. The molecule has 0 aliphatic heterocycles. The van der Waals surface area contributed by atoms with Gasteiger partial charge in [-0.3, -0.25) is 10.1 Å². The first kappa shape index (κ1) is 8.78. The van der Waals surface area contributed by atoms with Gasteiger partial charge in [0.1, 0.15) is 11.3 Å². The highest BCUT2D eigenvalue weighted by molar-refractivity contribution is 5.72. The van der Waals surface area contributed by atoms with E-state index in [9.17, 15) is 0 Å². The van der Waals surface area contributed by atoms with Crippen molar-refractivity contribution in [3.8, 4) is 0 Å². The van der Waals surface area contributed by atoms with Crippen LogP contribution in [0.4, 0.5) is 11.5 Å². The molecule has 3 aromatic rings. The van der Waals surface area contributed by atoms with Crippen molar-refractivity contribution in [2.24, 2.45) is 0 Å². The highest BCUT2D eigenvalue weighted by atomic mass is 15.1. The predicted molar refractivity (Wildman–Crippen MR) is 59.2 cm³/mol. The molecule has 0 atom stereocenters. The molecule has 0 bridgehead atoms. The average molecular weight is 212 g/mol. The third kappa shape index (κ3) is 1.56. The maximum atomic E-state index is 4.32. The number of anilines is 2. The van der Waals surface area contributed by atoms with E-state index >= 15 is 0 Å². The molecule has 6 nitrogen and oxygen atoms in total. The maximum absolute atomic E-state index is 4.32. The molecule has 2 N–H and O–H groups in total. The van der Waals surface area contributed by atoms with E-state index in [4.69, 9.17) is 0 Å². The van der Waals surface area contributed by atoms with Gasteiger partial charge in [-0.2, -0.15) is 5.10 Å². The van der Waals surface area contributed by atoms with Crippen LogP contribution in [-0.4, -0.2) is 25.1 Å². The lowest BCUT2D eigenvalue weighted by atomic mass is 10.4. The molecule has 16 heavy (non-hydrogen) atoms. The smallest absolute Gasteiger partial charge is 0.180 e. The lowest BCUT2D eigenvalue weighted by Crippen LogP contribution is -1.94. The Hall–Kier alpha value is -2.50. The number of nitrogens with zero attached hydrogens (tertiary/aromatic N) is 4. The Morgan fingerprint density at radius 2 is 2.06 bits per heavy atom. The van der Waals surface area contributed by atoms with Crippen molar-refractivity contribution in [2.45, 2.75) is 0 Å². The Bertz CT molecular complexity index is 604. The molecular weight excluding hydrogens is 204 g/mol. The quantitative estimate of drug-likeness (QED) is 0.672. The summed E-state index contributed by atoms with van der Waals surface area (Å²) in [5.74, 6) is 0.717. The minimum absolute atomic E-state index is 0.621. The monoisotopic (exact) mass is 212 g/mol. The highest BCUT2D eigenvalue weighted by Crippen LogP contribution is 2.14. The number of hydrogen-bond donors (Lipinski definition) is 2. The number of rotatable bonds is 2. The number of H-pyrrole nitrogens is 1. The molecule has 0 saturated heterocycles. The van der Waals surface area contributed by atoms with Crippen LogP contribution >= 0.6 is 0 Å². The molecular formula is C10H8N6. The maximum Gasteiger partial charge on any atom is 0.180 e. The Kier molecular flexibility index (Phi) is 1.96. The molecule has 0 unspecified atom stereocenters. The second kappa shape index (κ2) is 3.58.